The van der Waals surface area contributed by atoms with Crippen LogP contribution in [0.2, 0.25) is 15.2 Å². The molecule has 0 radical (unpaired) electrons. The van der Waals surface area contributed by atoms with Crippen LogP contribution >= 0.6 is 34.8 Å². The molecule has 7 heteroatoms. The van der Waals surface area contributed by atoms with Crippen molar-refractivity contribution in [2.75, 3.05) is 12.0 Å². The molecule has 0 saturated carbocycles. The Labute approximate surface area is 137 Å². The van der Waals surface area contributed by atoms with Crippen molar-refractivity contribution in [2.45, 2.75) is 6.92 Å². The quantitative estimate of drug-likeness (QED) is 0.477. The molecular formula is C14H12Cl3N3O. The Morgan fingerprint density at radius 1 is 1.24 bits per heavy atom. The maximum atomic E-state index is 6.00. The third-order valence-corrected chi connectivity index (χ3v) is 3.44. The molecule has 0 fully saturated rings. The summed E-state index contributed by atoms with van der Waals surface area (Å²) in [4.78, 5) is 4.01. The van der Waals surface area contributed by atoms with Gasteiger partial charge in [-0.05, 0) is 25.1 Å². The molecule has 1 N–H and O–H groups in total. The van der Waals surface area contributed by atoms with Crippen molar-refractivity contribution in [3.05, 3.63) is 51.1 Å². The Bertz CT molecular complexity index is 662. The number of hydrogen-bond acceptors (Lipinski definition) is 4. The lowest BCUT2D eigenvalue weighted by Crippen LogP contribution is -1.98. The summed E-state index contributed by atoms with van der Waals surface area (Å²) in [5.74, 6) is 1.08. The van der Waals surface area contributed by atoms with Gasteiger partial charge < -0.3 is 4.74 Å². The van der Waals surface area contributed by atoms with Gasteiger partial charge in [-0.2, -0.15) is 5.10 Å². The molecule has 1 heterocycles. The van der Waals surface area contributed by atoms with E-state index < -0.39 is 0 Å². The molecule has 2 rings (SSSR count). The first-order chi connectivity index (χ1) is 10.1. The van der Waals surface area contributed by atoms with Crippen molar-refractivity contribution in [1.82, 2.24) is 4.98 Å². The minimum absolute atomic E-state index is 0.161. The number of halogens is 3. The summed E-state index contributed by atoms with van der Waals surface area (Å²) >= 11 is 17.6. The number of nitrogens with zero attached hydrogens (tertiary/aromatic N) is 2. The molecule has 1 aromatic heterocycles. The second kappa shape index (κ2) is 7.50. The first-order valence-electron chi connectivity index (χ1n) is 6.14. The Kier molecular flexibility index (Phi) is 5.67. The summed E-state index contributed by atoms with van der Waals surface area (Å²) in [6, 6.07) is 9.06. The Morgan fingerprint density at radius 2 is 2.00 bits per heavy atom. The van der Waals surface area contributed by atoms with E-state index >= 15 is 0 Å². The highest BCUT2D eigenvalue weighted by Gasteiger charge is 2.07. The summed E-state index contributed by atoms with van der Waals surface area (Å²) < 4.78 is 5.50. The monoisotopic (exact) mass is 343 g/mol. The van der Waals surface area contributed by atoms with Crippen molar-refractivity contribution in [2.24, 2.45) is 5.10 Å². The second-order valence-corrected chi connectivity index (χ2v) is 5.10. The molecule has 1 aromatic carbocycles. The number of aromatic nitrogens is 1. The van der Waals surface area contributed by atoms with Crippen LogP contribution in [-0.4, -0.2) is 17.8 Å². The number of ether oxygens (including phenoxy) is 1. The highest BCUT2D eigenvalue weighted by Crippen LogP contribution is 2.28. The van der Waals surface area contributed by atoms with Gasteiger partial charge in [0.05, 0.1) is 22.9 Å². The highest BCUT2D eigenvalue weighted by molar-refractivity contribution is 6.42. The molecule has 21 heavy (non-hydrogen) atoms. The summed E-state index contributed by atoms with van der Waals surface area (Å²) in [6.07, 6.45) is 1.62. The van der Waals surface area contributed by atoms with E-state index in [1.54, 1.807) is 6.21 Å². The maximum Gasteiger partial charge on any atom is 0.166 e. The van der Waals surface area contributed by atoms with E-state index in [2.05, 4.69) is 15.5 Å². The first-order valence-corrected chi connectivity index (χ1v) is 7.27. The number of nitrogens with one attached hydrogen (secondary N) is 1. The number of rotatable bonds is 5. The van der Waals surface area contributed by atoms with E-state index in [9.17, 15) is 0 Å². The Hall–Kier alpha value is -1.49. The van der Waals surface area contributed by atoms with Crippen LogP contribution in [0.25, 0.3) is 0 Å². The molecule has 0 bridgehead atoms. The SMILES string of the molecule is CCOc1ccccc1C=NNc1nc(Cl)c(Cl)cc1Cl. The number of anilines is 1. The fourth-order valence-electron chi connectivity index (χ4n) is 1.56. The van der Waals surface area contributed by atoms with Gasteiger partial charge in [-0.1, -0.05) is 46.9 Å². The van der Waals surface area contributed by atoms with Gasteiger partial charge in [0, 0.05) is 5.56 Å². The van der Waals surface area contributed by atoms with Gasteiger partial charge in [0.2, 0.25) is 0 Å². The van der Waals surface area contributed by atoms with E-state index in [1.807, 2.05) is 31.2 Å². The van der Waals surface area contributed by atoms with Gasteiger partial charge in [0.25, 0.3) is 0 Å². The molecule has 4 nitrogen and oxygen atoms in total. The first kappa shape index (κ1) is 15.9. The Morgan fingerprint density at radius 3 is 2.76 bits per heavy atom. The maximum absolute atomic E-state index is 6.00. The molecule has 0 unspecified atom stereocenters. The lowest BCUT2D eigenvalue weighted by atomic mass is 10.2. The molecular weight excluding hydrogens is 333 g/mol. The van der Waals surface area contributed by atoms with Crippen molar-refractivity contribution in [1.29, 1.82) is 0 Å². The molecule has 0 aliphatic carbocycles. The largest absolute Gasteiger partial charge is 0.493 e. The minimum atomic E-state index is 0.161. The fourth-order valence-corrected chi connectivity index (χ4v) is 2.10. The number of hydrogen-bond donors (Lipinski definition) is 1. The van der Waals surface area contributed by atoms with Crippen LogP contribution in [0.3, 0.4) is 0 Å². The van der Waals surface area contributed by atoms with Gasteiger partial charge in [0.15, 0.2) is 5.82 Å². The van der Waals surface area contributed by atoms with Gasteiger partial charge in [-0.15, -0.1) is 0 Å². The number of benzene rings is 1. The van der Waals surface area contributed by atoms with Crippen LogP contribution in [0.15, 0.2) is 35.4 Å². The molecule has 0 aliphatic rings. The van der Waals surface area contributed by atoms with Crippen LogP contribution in [0.1, 0.15) is 12.5 Å². The van der Waals surface area contributed by atoms with E-state index in [0.717, 1.165) is 11.3 Å². The van der Waals surface area contributed by atoms with E-state index in [1.165, 1.54) is 6.07 Å². The predicted octanol–water partition coefficient (Wildman–Crippen LogP) is 4.89. The number of hydrazone groups is 1. The molecule has 0 aliphatic heterocycles. The van der Waals surface area contributed by atoms with Crippen molar-refractivity contribution in [3.8, 4) is 5.75 Å². The van der Waals surface area contributed by atoms with Gasteiger partial charge in [-0.3, -0.25) is 5.43 Å². The molecule has 0 spiro atoms. The van der Waals surface area contributed by atoms with Crippen LogP contribution in [-0.2, 0) is 0 Å². The lowest BCUT2D eigenvalue weighted by Gasteiger charge is -2.06. The van der Waals surface area contributed by atoms with Gasteiger partial charge in [0.1, 0.15) is 10.9 Å². The van der Waals surface area contributed by atoms with Gasteiger partial charge in [-0.25, -0.2) is 4.98 Å². The third-order valence-electron chi connectivity index (χ3n) is 2.48. The smallest absolute Gasteiger partial charge is 0.166 e. The molecule has 0 saturated heterocycles. The average molecular weight is 345 g/mol. The van der Waals surface area contributed by atoms with Crippen LogP contribution in [0.5, 0.6) is 5.75 Å². The minimum Gasteiger partial charge on any atom is -0.493 e. The van der Waals surface area contributed by atoms with Crippen LogP contribution in [0.4, 0.5) is 5.82 Å². The summed E-state index contributed by atoms with van der Waals surface area (Å²) in [6.45, 7) is 2.50. The lowest BCUT2D eigenvalue weighted by molar-refractivity contribution is 0.340. The molecule has 110 valence electrons. The van der Waals surface area contributed by atoms with Crippen molar-refractivity contribution >= 4 is 46.8 Å². The molecule has 0 amide bonds. The zero-order valence-corrected chi connectivity index (χ0v) is 13.4. The number of para-hydroxylation sites is 1. The van der Waals surface area contributed by atoms with Crippen molar-refractivity contribution < 1.29 is 4.74 Å². The fraction of sp³-hybridized carbons (Fsp3) is 0.143. The van der Waals surface area contributed by atoms with Crippen LogP contribution in [0, 0.1) is 0 Å². The second-order valence-electron chi connectivity index (χ2n) is 3.93. The topological polar surface area (TPSA) is 46.5 Å². The predicted molar refractivity (Wildman–Crippen MR) is 88.1 cm³/mol. The Balaban J connectivity index is 2.14. The number of pyridine rings is 1. The summed E-state index contributed by atoms with van der Waals surface area (Å²) in [5, 5.41) is 4.87. The normalized spacial score (nSPS) is 10.9. The molecule has 0 atom stereocenters. The summed E-state index contributed by atoms with van der Waals surface area (Å²) in [5.41, 5.74) is 3.56. The standard InChI is InChI=1S/C14H12Cl3N3O/c1-2-21-12-6-4-3-5-9(12)8-18-20-14-11(16)7-10(15)13(17)19-14/h3-8H,2H2,1H3,(H,19,20). The summed E-state index contributed by atoms with van der Waals surface area (Å²) in [7, 11) is 0. The average Bonchev–Trinajstić information content (AvgIpc) is 2.46. The van der Waals surface area contributed by atoms with E-state index in [-0.39, 0.29) is 10.2 Å². The van der Waals surface area contributed by atoms with Crippen molar-refractivity contribution in [3.63, 3.8) is 0 Å². The van der Waals surface area contributed by atoms with Gasteiger partial charge >= 0.3 is 0 Å². The highest BCUT2D eigenvalue weighted by atomic mass is 35.5. The zero-order chi connectivity index (χ0) is 15.2. The molecule has 2 aromatic rings. The third kappa shape index (κ3) is 4.24. The van der Waals surface area contributed by atoms with E-state index in [0.29, 0.717) is 17.4 Å². The van der Waals surface area contributed by atoms with E-state index in [4.69, 9.17) is 39.5 Å². The zero-order valence-electron chi connectivity index (χ0n) is 11.1. The van der Waals surface area contributed by atoms with Crippen LogP contribution < -0.4 is 10.2 Å².